The van der Waals surface area contributed by atoms with Gasteiger partial charge in [-0.05, 0) is 41.5 Å². The predicted octanol–water partition coefficient (Wildman–Crippen LogP) is 2.99. The van der Waals surface area contributed by atoms with Gasteiger partial charge in [-0.25, -0.2) is 9.67 Å². The molecule has 166 valence electrons. The first-order chi connectivity index (χ1) is 16.2. The van der Waals surface area contributed by atoms with Gasteiger partial charge in [0, 0.05) is 12.1 Å². The fraction of sp³-hybridized carbons (Fsp3) is 0.120. The molecule has 0 saturated carbocycles. The molecule has 0 fully saturated rings. The van der Waals surface area contributed by atoms with Crippen LogP contribution in [0.3, 0.4) is 0 Å². The van der Waals surface area contributed by atoms with Gasteiger partial charge >= 0.3 is 0 Å². The molecule has 0 unspecified atom stereocenters. The van der Waals surface area contributed by atoms with Crippen LogP contribution in [0.25, 0.3) is 5.69 Å². The van der Waals surface area contributed by atoms with Crippen molar-refractivity contribution in [2.45, 2.75) is 6.42 Å². The van der Waals surface area contributed by atoms with E-state index in [0.717, 1.165) is 16.8 Å². The lowest BCUT2D eigenvalue weighted by Gasteiger charge is -2.12. The maximum absolute atomic E-state index is 12.2. The Morgan fingerprint density at radius 2 is 1.64 bits per heavy atom. The van der Waals surface area contributed by atoms with E-state index in [1.165, 1.54) is 6.33 Å². The second kappa shape index (κ2) is 10.7. The third-order valence-electron chi connectivity index (χ3n) is 4.85. The molecule has 0 bridgehead atoms. The van der Waals surface area contributed by atoms with Crippen LogP contribution >= 0.6 is 0 Å². The minimum Gasteiger partial charge on any atom is -0.483 e. The highest BCUT2D eigenvalue weighted by atomic mass is 16.5. The standard InChI is InChI=1S/C25H23N5O3/c31-24(29-21-10-12-22(13-11-21)30-18-26-17-28-30)15-27-25(32)16-33-23-9-5-4-8-20(23)14-19-6-2-1-3-7-19/h1-13,17-18H,14-16H2,(H,27,32)(H,29,31). The fourth-order valence-corrected chi connectivity index (χ4v) is 3.22. The van der Waals surface area contributed by atoms with Gasteiger partial charge in [-0.2, -0.15) is 5.10 Å². The summed E-state index contributed by atoms with van der Waals surface area (Å²) in [6.45, 7) is -0.329. The van der Waals surface area contributed by atoms with Crippen molar-refractivity contribution in [2.75, 3.05) is 18.5 Å². The Balaban J connectivity index is 1.23. The van der Waals surface area contributed by atoms with Crippen LogP contribution < -0.4 is 15.4 Å². The van der Waals surface area contributed by atoms with Crippen molar-refractivity contribution in [1.82, 2.24) is 20.1 Å². The zero-order valence-electron chi connectivity index (χ0n) is 17.8. The number of rotatable bonds is 9. The number of aromatic nitrogens is 3. The number of ether oxygens (including phenoxy) is 1. The van der Waals surface area contributed by atoms with Gasteiger partial charge in [0.1, 0.15) is 18.4 Å². The van der Waals surface area contributed by atoms with Crippen LogP contribution in [0.5, 0.6) is 5.75 Å². The molecule has 2 N–H and O–H groups in total. The Morgan fingerprint density at radius 1 is 0.879 bits per heavy atom. The number of nitrogens with one attached hydrogen (secondary N) is 2. The summed E-state index contributed by atoms with van der Waals surface area (Å²) in [4.78, 5) is 28.3. The third kappa shape index (κ3) is 6.27. The molecule has 33 heavy (non-hydrogen) atoms. The highest BCUT2D eigenvalue weighted by molar-refractivity contribution is 5.94. The predicted molar refractivity (Wildman–Crippen MR) is 124 cm³/mol. The quantitative estimate of drug-likeness (QED) is 0.416. The lowest BCUT2D eigenvalue weighted by Crippen LogP contribution is -2.35. The van der Waals surface area contributed by atoms with Gasteiger partial charge in [0.05, 0.1) is 12.2 Å². The maximum atomic E-state index is 12.2. The highest BCUT2D eigenvalue weighted by Gasteiger charge is 2.10. The Kier molecular flexibility index (Phi) is 7.07. The minimum absolute atomic E-state index is 0.154. The largest absolute Gasteiger partial charge is 0.483 e. The topological polar surface area (TPSA) is 98.1 Å². The summed E-state index contributed by atoms with van der Waals surface area (Å²) in [7, 11) is 0. The number of benzene rings is 3. The number of nitrogens with zero attached hydrogens (tertiary/aromatic N) is 3. The molecule has 1 heterocycles. The molecular formula is C25H23N5O3. The van der Waals surface area contributed by atoms with Crippen LogP contribution in [0, 0.1) is 0 Å². The minimum atomic E-state index is -0.374. The summed E-state index contributed by atoms with van der Waals surface area (Å²) in [6, 6.07) is 24.8. The van der Waals surface area contributed by atoms with Crippen LogP contribution in [0.1, 0.15) is 11.1 Å². The summed E-state index contributed by atoms with van der Waals surface area (Å²) >= 11 is 0. The number of carbonyl (C=O) groups excluding carboxylic acids is 2. The van der Waals surface area contributed by atoms with E-state index in [2.05, 4.69) is 20.7 Å². The molecule has 4 aromatic rings. The molecule has 2 amide bonds. The number of hydrogen-bond donors (Lipinski definition) is 2. The van der Waals surface area contributed by atoms with Crippen molar-refractivity contribution in [3.05, 3.63) is 103 Å². The molecule has 0 atom stereocenters. The molecule has 0 spiro atoms. The summed E-state index contributed by atoms with van der Waals surface area (Å²) in [5, 5.41) is 9.37. The first-order valence-corrected chi connectivity index (χ1v) is 10.4. The molecule has 0 aliphatic rings. The maximum Gasteiger partial charge on any atom is 0.258 e. The molecular weight excluding hydrogens is 418 g/mol. The van der Waals surface area contributed by atoms with Crippen molar-refractivity contribution in [2.24, 2.45) is 0 Å². The average Bonchev–Trinajstić information content (AvgIpc) is 3.38. The van der Waals surface area contributed by atoms with Crippen LogP contribution in [0.4, 0.5) is 5.69 Å². The van der Waals surface area contributed by atoms with E-state index < -0.39 is 0 Å². The van der Waals surface area contributed by atoms with Crippen molar-refractivity contribution in [3.8, 4) is 11.4 Å². The number of hydrogen-bond acceptors (Lipinski definition) is 5. The second-order valence-electron chi connectivity index (χ2n) is 7.27. The zero-order chi connectivity index (χ0) is 22.9. The lowest BCUT2D eigenvalue weighted by atomic mass is 10.0. The summed E-state index contributed by atoms with van der Waals surface area (Å²) in [6.07, 6.45) is 3.74. The lowest BCUT2D eigenvalue weighted by molar-refractivity contribution is -0.125. The van der Waals surface area contributed by atoms with E-state index in [1.54, 1.807) is 23.1 Å². The van der Waals surface area contributed by atoms with Gasteiger partial charge in [0.25, 0.3) is 5.91 Å². The molecule has 0 saturated heterocycles. The van der Waals surface area contributed by atoms with Crippen molar-refractivity contribution in [1.29, 1.82) is 0 Å². The van der Waals surface area contributed by atoms with Crippen LogP contribution in [-0.4, -0.2) is 39.7 Å². The molecule has 8 heteroatoms. The Bertz CT molecular complexity index is 1190. The van der Waals surface area contributed by atoms with E-state index in [0.29, 0.717) is 17.9 Å². The zero-order valence-corrected chi connectivity index (χ0v) is 17.8. The van der Waals surface area contributed by atoms with Crippen molar-refractivity contribution < 1.29 is 14.3 Å². The molecule has 8 nitrogen and oxygen atoms in total. The Hall–Kier alpha value is -4.46. The summed E-state index contributed by atoms with van der Waals surface area (Å²) in [5.41, 5.74) is 3.58. The van der Waals surface area contributed by atoms with Crippen molar-refractivity contribution in [3.63, 3.8) is 0 Å². The average molecular weight is 441 g/mol. The molecule has 3 aromatic carbocycles. The smallest absolute Gasteiger partial charge is 0.258 e. The van der Waals surface area contributed by atoms with Crippen LogP contribution in [0.2, 0.25) is 0 Å². The normalized spacial score (nSPS) is 10.4. The Labute approximate surface area is 191 Å². The molecule has 0 radical (unpaired) electrons. The molecule has 0 aliphatic heterocycles. The Morgan fingerprint density at radius 3 is 2.39 bits per heavy atom. The van der Waals surface area contributed by atoms with Crippen molar-refractivity contribution >= 4 is 17.5 Å². The van der Waals surface area contributed by atoms with Crippen LogP contribution in [-0.2, 0) is 16.0 Å². The monoisotopic (exact) mass is 441 g/mol. The highest BCUT2D eigenvalue weighted by Crippen LogP contribution is 2.21. The fourth-order valence-electron chi connectivity index (χ4n) is 3.22. The third-order valence-corrected chi connectivity index (χ3v) is 4.85. The van der Waals surface area contributed by atoms with Crippen LogP contribution in [0.15, 0.2) is 91.5 Å². The number of para-hydroxylation sites is 1. The number of amides is 2. The van der Waals surface area contributed by atoms with E-state index in [4.69, 9.17) is 4.74 Å². The first-order valence-electron chi connectivity index (χ1n) is 10.4. The SMILES string of the molecule is O=C(COc1ccccc1Cc1ccccc1)NCC(=O)Nc1ccc(-n2cncn2)cc1. The van der Waals surface area contributed by atoms with E-state index in [1.807, 2.05) is 66.7 Å². The van der Waals surface area contributed by atoms with Gasteiger partial charge in [0.2, 0.25) is 5.91 Å². The van der Waals surface area contributed by atoms with Gasteiger partial charge < -0.3 is 15.4 Å². The summed E-state index contributed by atoms with van der Waals surface area (Å²) < 4.78 is 7.33. The molecule has 0 aliphatic carbocycles. The number of anilines is 1. The van der Waals surface area contributed by atoms with Gasteiger partial charge in [0.15, 0.2) is 6.61 Å². The summed E-state index contributed by atoms with van der Waals surface area (Å²) in [5.74, 6) is -0.0593. The van der Waals surface area contributed by atoms with E-state index >= 15 is 0 Å². The van der Waals surface area contributed by atoms with Gasteiger partial charge in [-0.15, -0.1) is 0 Å². The molecule has 4 rings (SSSR count). The second-order valence-corrected chi connectivity index (χ2v) is 7.27. The molecule has 1 aromatic heterocycles. The van der Waals surface area contributed by atoms with E-state index in [-0.39, 0.29) is 25.0 Å². The number of carbonyl (C=O) groups is 2. The first kappa shape index (κ1) is 21.8. The van der Waals surface area contributed by atoms with Gasteiger partial charge in [-0.3, -0.25) is 9.59 Å². The van der Waals surface area contributed by atoms with E-state index in [9.17, 15) is 9.59 Å². The van der Waals surface area contributed by atoms with Gasteiger partial charge in [-0.1, -0.05) is 48.5 Å².